The van der Waals surface area contributed by atoms with Gasteiger partial charge in [0.2, 0.25) is 5.16 Å². The zero-order chi connectivity index (χ0) is 14.4. The van der Waals surface area contributed by atoms with Gasteiger partial charge in [0.25, 0.3) is 0 Å². The fourth-order valence-electron chi connectivity index (χ4n) is 1.55. The number of carbonyl (C=O) groups is 1. The molecule has 7 nitrogen and oxygen atoms in total. The maximum atomic E-state index is 11.0. The molecule has 1 heterocycles. The second kappa shape index (κ2) is 6.90. The maximum Gasteiger partial charge on any atom is 0.305 e. The van der Waals surface area contributed by atoms with Crippen molar-refractivity contribution in [3.63, 3.8) is 0 Å². The van der Waals surface area contributed by atoms with Crippen LogP contribution in [0.25, 0.3) is 5.69 Å². The number of phenols is 1. The molecule has 1 N–H and O–H groups in total. The summed E-state index contributed by atoms with van der Waals surface area (Å²) in [6.07, 6.45) is 1.03. The summed E-state index contributed by atoms with van der Waals surface area (Å²) < 4.78 is 6.04. The number of phenolic OH excluding ortho intramolecular Hbond substituents is 1. The van der Waals surface area contributed by atoms with Gasteiger partial charge in [0.05, 0.1) is 7.11 Å². The number of methoxy groups -OCH3 is 1. The summed E-state index contributed by atoms with van der Waals surface area (Å²) in [5.41, 5.74) is 0.521. The van der Waals surface area contributed by atoms with Crippen LogP contribution in [0.2, 0.25) is 0 Å². The fourth-order valence-corrected chi connectivity index (χ4v) is 2.37. The molecule has 0 saturated heterocycles. The Hall–Kier alpha value is -2.09. The minimum absolute atomic E-state index is 0.108. The van der Waals surface area contributed by atoms with Gasteiger partial charge in [-0.2, -0.15) is 4.68 Å². The molecular weight excluding hydrogens is 280 g/mol. The lowest BCUT2D eigenvalue weighted by Gasteiger charge is -2.05. The highest BCUT2D eigenvalue weighted by Gasteiger charge is 2.12. The van der Waals surface area contributed by atoms with E-state index in [-0.39, 0.29) is 11.7 Å². The highest BCUT2D eigenvalue weighted by atomic mass is 32.2. The SMILES string of the molecule is COC(=O)CCCSc1nnnn1-c1ccccc1O. The van der Waals surface area contributed by atoms with Crippen molar-refractivity contribution >= 4 is 17.7 Å². The molecule has 0 fully saturated rings. The lowest BCUT2D eigenvalue weighted by molar-refractivity contribution is -0.140. The lowest BCUT2D eigenvalue weighted by atomic mass is 10.3. The van der Waals surface area contributed by atoms with Crippen molar-refractivity contribution in [2.45, 2.75) is 18.0 Å². The molecule has 2 rings (SSSR count). The molecule has 106 valence electrons. The molecule has 2 aromatic rings. The third-order valence-corrected chi connectivity index (χ3v) is 3.54. The molecule has 0 unspecified atom stereocenters. The molecule has 0 radical (unpaired) electrons. The molecule has 0 aliphatic carbocycles. The fraction of sp³-hybridized carbons (Fsp3) is 0.333. The van der Waals surface area contributed by atoms with E-state index < -0.39 is 0 Å². The first kappa shape index (κ1) is 14.3. The van der Waals surface area contributed by atoms with Crippen molar-refractivity contribution in [3.8, 4) is 11.4 Å². The zero-order valence-electron chi connectivity index (χ0n) is 10.9. The van der Waals surface area contributed by atoms with Crippen molar-refractivity contribution in [2.24, 2.45) is 0 Å². The van der Waals surface area contributed by atoms with E-state index in [4.69, 9.17) is 0 Å². The Morgan fingerprint density at radius 2 is 2.25 bits per heavy atom. The number of carbonyl (C=O) groups excluding carboxylic acids is 1. The molecule has 0 amide bonds. The van der Waals surface area contributed by atoms with E-state index in [1.807, 2.05) is 0 Å². The summed E-state index contributed by atoms with van der Waals surface area (Å²) in [6.45, 7) is 0. The Morgan fingerprint density at radius 3 is 3.00 bits per heavy atom. The molecule has 0 spiro atoms. The number of hydrogen-bond donors (Lipinski definition) is 1. The van der Waals surface area contributed by atoms with Crippen molar-refractivity contribution in [1.29, 1.82) is 0 Å². The molecular formula is C12H14N4O3S. The summed E-state index contributed by atoms with van der Waals surface area (Å²) in [5.74, 6) is 0.561. The molecule has 0 aliphatic rings. The lowest BCUT2D eigenvalue weighted by Crippen LogP contribution is -2.02. The Morgan fingerprint density at radius 1 is 1.45 bits per heavy atom. The molecule has 0 saturated carbocycles. The van der Waals surface area contributed by atoms with E-state index in [0.717, 1.165) is 0 Å². The van der Waals surface area contributed by atoms with Gasteiger partial charge in [-0.15, -0.1) is 5.10 Å². The highest BCUT2D eigenvalue weighted by molar-refractivity contribution is 7.99. The van der Waals surface area contributed by atoms with Gasteiger partial charge in [0, 0.05) is 12.2 Å². The van der Waals surface area contributed by atoms with Crippen LogP contribution in [0.5, 0.6) is 5.75 Å². The van der Waals surface area contributed by atoms with Crippen molar-refractivity contribution in [3.05, 3.63) is 24.3 Å². The number of ether oxygens (including phenoxy) is 1. The quantitative estimate of drug-likeness (QED) is 0.489. The Balaban J connectivity index is 1.99. The Kier molecular flexibility index (Phi) is 4.94. The Labute approximate surface area is 119 Å². The van der Waals surface area contributed by atoms with Crippen molar-refractivity contribution < 1.29 is 14.6 Å². The first-order chi connectivity index (χ1) is 9.72. The van der Waals surface area contributed by atoms with E-state index in [1.165, 1.54) is 23.6 Å². The third-order valence-electron chi connectivity index (χ3n) is 2.53. The molecule has 0 aliphatic heterocycles. The normalized spacial score (nSPS) is 10.4. The molecule has 20 heavy (non-hydrogen) atoms. The van der Waals surface area contributed by atoms with Crippen LogP contribution >= 0.6 is 11.8 Å². The smallest absolute Gasteiger partial charge is 0.305 e. The van der Waals surface area contributed by atoms with E-state index in [9.17, 15) is 9.90 Å². The van der Waals surface area contributed by atoms with Gasteiger partial charge in [-0.25, -0.2) is 0 Å². The molecule has 8 heteroatoms. The van der Waals surface area contributed by atoms with Gasteiger partial charge in [-0.05, 0) is 29.0 Å². The number of benzene rings is 1. The predicted octanol–water partition coefficient (Wildman–Crippen LogP) is 1.41. The summed E-state index contributed by atoms with van der Waals surface area (Å²) >= 11 is 1.42. The van der Waals surface area contributed by atoms with Gasteiger partial charge < -0.3 is 9.84 Å². The largest absolute Gasteiger partial charge is 0.506 e. The third kappa shape index (κ3) is 3.47. The van der Waals surface area contributed by atoms with Gasteiger partial charge in [0.1, 0.15) is 11.4 Å². The van der Waals surface area contributed by atoms with Crippen LogP contribution in [0.1, 0.15) is 12.8 Å². The van der Waals surface area contributed by atoms with E-state index in [2.05, 4.69) is 20.3 Å². The minimum atomic E-state index is -0.231. The number of tetrazole rings is 1. The van der Waals surface area contributed by atoms with Crippen LogP contribution in [0.3, 0.4) is 0 Å². The molecule has 1 aromatic carbocycles. The van der Waals surface area contributed by atoms with Crippen LogP contribution in [-0.4, -0.2) is 44.1 Å². The van der Waals surface area contributed by atoms with Crippen LogP contribution in [-0.2, 0) is 9.53 Å². The average Bonchev–Trinajstić information content (AvgIpc) is 2.92. The van der Waals surface area contributed by atoms with Gasteiger partial charge >= 0.3 is 5.97 Å². The number of hydrogen-bond acceptors (Lipinski definition) is 7. The summed E-state index contributed by atoms with van der Waals surface area (Å²) in [5, 5.41) is 21.7. The number of nitrogens with zero attached hydrogens (tertiary/aromatic N) is 4. The zero-order valence-corrected chi connectivity index (χ0v) is 11.7. The van der Waals surface area contributed by atoms with Crippen LogP contribution < -0.4 is 0 Å². The van der Waals surface area contributed by atoms with Crippen LogP contribution in [0, 0.1) is 0 Å². The molecule has 0 bridgehead atoms. The van der Waals surface area contributed by atoms with Crippen molar-refractivity contribution in [1.82, 2.24) is 20.2 Å². The second-order valence-corrected chi connectivity index (χ2v) is 4.95. The van der Waals surface area contributed by atoms with Gasteiger partial charge in [-0.3, -0.25) is 4.79 Å². The Bertz CT molecular complexity index is 588. The van der Waals surface area contributed by atoms with Gasteiger partial charge in [-0.1, -0.05) is 23.9 Å². The monoisotopic (exact) mass is 294 g/mol. The van der Waals surface area contributed by atoms with E-state index in [0.29, 0.717) is 29.4 Å². The molecule has 0 atom stereocenters. The summed E-state index contributed by atoms with van der Waals surface area (Å²) in [4.78, 5) is 11.0. The van der Waals surface area contributed by atoms with E-state index in [1.54, 1.807) is 24.3 Å². The maximum absolute atomic E-state index is 11.0. The number of aromatic nitrogens is 4. The molecule has 1 aromatic heterocycles. The van der Waals surface area contributed by atoms with Crippen LogP contribution in [0.15, 0.2) is 29.4 Å². The number of rotatable bonds is 6. The summed E-state index contributed by atoms with van der Waals surface area (Å²) in [7, 11) is 1.37. The number of aromatic hydroxyl groups is 1. The van der Waals surface area contributed by atoms with Crippen LogP contribution in [0.4, 0.5) is 0 Å². The topological polar surface area (TPSA) is 90.1 Å². The predicted molar refractivity (Wildman–Crippen MR) is 72.8 cm³/mol. The number of thioether (sulfide) groups is 1. The standard InChI is InChI=1S/C12H14N4O3S/c1-19-11(18)7-4-8-20-12-13-14-15-16(12)9-5-2-3-6-10(9)17/h2-3,5-6,17H,4,7-8H2,1H3. The number of esters is 1. The van der Waals surface area contributed by atoms with E-state index >= 15 is 0 Å². The minimum Gasteiger partial charge on any atom is -0.506 e. The second-order valence-electron chi connectivity index (χ2n) is 3.89. The highest BCUT2D eigenvalue weighted by Crippen LogP contribution is 2.24. The number of para-hydroxylation sites is 2. The van der Waals surface area contributed by atoms with Gasteiger partial charge in [0.15, 0.2) is 0 Å². The first-order valence-corrected chi connectivity index (χ1v) is 6.97. The van der Waals surface area contributed by atoms with Crippen molar-refractivity contribution in [2.75, 3.05) is 12.9 Å². The first-order valence-electron chi connectivity index (χ1n) is 5.98. The summed E-state index contributed by atoms with van der Waals surface area (Å²) in [6, 6.07) is 6.82. The average molecular weight is 294 g/mol.